The number of amides is 2. The Morgan fingerprint density at radius 3 is 2.77 bits per heavy atom. The van der Waals surface area contributed by atoms with Crippen LogP contribution in [0.25, 0.3) is 20.9 Å². The third-order valence-corrected chi connectivity index (χ3v) is 6.50. The topological polar surface area (TPSA) is 75.2 Å². The number of thiazole rings is 1. The van der Waals surface area contributed by atoms with Gasteiger partial charge in [-0.05, 0) is 42.8 Å². The summed E-state index contributed by atoms with van der Waals surface area (Å²) in [6.45, 7) is 2.34. The van der Waals surface area contributed by atoms with E-state index < -0.39 is 0 Å². The molecule has 2 aromatic carbocycles. The number of fused-ring (bicyclic) bond motifs is 1. The molecule has 31 heavy (non-hydrogen) atoms. The fraction of sp³-hybridized carbons (Fsp3) is 0.167. The molecule has 1 aliphatic heterocycles. The Morgan fingerprint density at radius 1 is 1.13 bits per heavy atom. The van der Waals surface area contributed by atoms with E-state index in [-0.39, 0.29) is 24.2 Å². The van der Waals surface area contributed by atoms with Gasteiger partial charge in [0.25, 0.3) is 0 Å². The standard InChI is InChI=1S/C24H20N4O2S/c1-15-9-10-16(23-27-19-8-5-11-25-24(19)31-23)12-20(15)26-22(30)17-13-21(29)28(14-17)18-6-3-2-4-7-18/h2-12,17H,13-14H2,1H3,(H,26,30). The molecule has 0 radical (unpaired) electrons. The molecule has 0 bridgehead atoms. The smallest absolute Gasteiger partial charge is 0.229 e. The second-order valence-corrected chi connectivity index (χ2v) is 8.58. The Kier molecular flexibility index (Phi) is 4.95. The van der Waals surface area contributed by atoms with Gasteiger partial charge in [0.1, 0.15) is 15.4 Å². The quantitative estimate of drug-likeness (QED) is 0.513. The van der Waals surface area contributed by atoms with Gasteiger partial charge in [0.05, 0.1) is 5.92 Å². The number of carbonyl (C=O) groups excluding carboxylic acids is 2. The highest BCUT2D eigenvalue weighted by atomic mass is 32.1. The summed E-state index contributed by atoms with van der Waals surface area (Å²) in [6.07, 6.45) is 1.97. The van der Waals surface area contributed by atoms with Crippen molar-refractivity contribution in [3.05, 3.63) is 72.4 Å². The molecule has 1 saturated heterocycles. The van der Waals surface area contributed by atoms with E-state index in [1.807, 2.05) is 67.6 Å². The molecule has 154 valence electrons. The molecule has 1 N–H and O–H groups in total. The summed E-state index contributed by atoms with van der Waals surface area (Å²) in [5.74, 6) is -0.556. The summed E-state index contributed by atoms with van der Waals surface area (Å²) in [6, 6.07) is 19.2. The van der Waals surface area contributed by atoms with E-state index in [2.05, 4.69) is 15.3 Å². The SMILES string of the molecule is Cc1ccc(-c2nc3cccnc3s2)cc1NC(=O)C1CC(=O)N(c2ccccc2)C1. The highest BCUT2D eigenvalue weighted by Gasteiger charge is 2.35. The van der Waals surface area contributed by atoms with Crippen LogP contribution < -0.4 is 10.2 Å². The van der Waals surface area contributed by atoms with Crippen molar-refractivity contribution in [1.82, 2.24) is 9.97 Å². The molecular weight excluding hydrogens is 408 g/mol. The number of pyridine rings is 1. The van der Waals surface area contributed by atoms with Crippen molar-refractivity contribution in [1.29, 1.82) is 0 Å². The Balaban J connectivity index is 1.35. The molecule has 2 amide bonds. The highest BCUT2D eigenvalue weighted by Crippen LogP contribution is 2.32. The van der Waals surface area contributed by atoms with Crippen molar-refractivity contribution in [2.75, 3.05) is 16.8 Å². The molecule has 0 saturated carbocycles. The van der Waals surface area contributed by atoms with E-state index in [1.165, 1.54) is 11.3 Å². The van der Waals surface area contributed by atoms with Crippen LogP contribution in [0.15, 0.2) is 66.9 Å². The minimum absolute atomic E-state index is 0.0289. The van der Waals surface area contributed by atoms with Gasteiger partial charge in [-0.1, -0.05) is 41.7 Å². The molecule has 5 rings (SSSR count). The van der Waals surface area contributed by atoms with Gasteiger partial charge >= 0.3 is 0 Å². The van der Waals surface area contributed by atoms with E-state index in [4.69, 9.17) is 0 Å². The minimum Gasteiger partial charge on any atom is -0.326 e. The van der Waals surface area contributed by atoms with E-state index in [9.17, 15) is 9.59 Å². The van der Waals surface area contributed by atoms with Crippen LogP contribution in [0.3, 0.4) is 0 Å². The first-order chi connectivity index (χ1) is 15.1. The number of rotatable bonds is 4. The van der Waals surface area contributed by atoms with Crippen molar-refractivity contribution < 1.29 is 9.59 Å². The maximum Gasteiger partial charge on any atom is 0.229 e. The zero-order valence-corrected chi connectivity index (χ0v) is 17.7. The second kappa shape index (κ2) is 7.92. The monoisotopic (exact) mass is 428 g/mol. The number of carbonyl (C=O) groups is 2. The molecule has 1 unspecified atom stereocenters. The number of nitrogens with zero attached hydrogens (tertiary/aromatic N) is 3. The fourth-order valence-electron chi connectivity index (χ4n) is 3.76. The third-order valence-electron chi connectivity index (χ3n) is 5.47. The molecule has 1 fully saturated rings. The fourth-order valence-corrected chi connectivity index (χ4v) is 4.66. The lowest BCUT2D eigenvalue weighted by molar-refractivity contribution is -0.122. The number of aryl methyl sites for hydroxylation is 1. The number of para-hydroxylation sites is 1. The first-order valence-electron chi connectivity index (χ1n) is 10.1. The molecule has 6 nitrogen and oxygen atoms in total. The lowest BCUT2D eigenvalue weighted by Crippen LogP contribution is -2.28. The van der Waals surface area contributed by atoms with Crippen LogP contribution in [-0.4, -0.2) is 28.3 Å². The van der Waals surface area contributed by atoms with Gasteiger partial charge in [-0.2, -0.15) is 0 Å². The molecule has 1 atom stereocenters. The van der Waals surface area contributed by atoms with Gasteiger partial charge in [-0.3, -0.25) is 9.59 Å². The van der Waals surface area contributed by atoms with Crippen molar-refractivity contribution >= 4 is 44.9 Å². The number of benzene rings is 2. The maximum atomic E-state index is 13.0. The highest BCUT2D eigenvalue weighted by molar-refractivity contribution is 7.21. The zero-order valence-electron chi connectivity index (χ0n) is 16.9. The number of hydrogen-bond donors (Lipinski definition) is 1. The van der Waals surface area contributed by atoms with Crippen LogP contribution in [-0.2, 0) is 9.59 Å². The van der Waals surface area contributed by atoms with Crippen LogP contribution in [0.2, 0.25) is 0 Å². The zero-order chi connectivity index (χ0) is 21.4. The van der Waals surface area contributed by atoms with E-state index in [0.717, 1.165) is 37.9 Å². The van der Waals surface area contributed by atoms with Crippen molar-refractivity contribution in [3.8, 4) is 10.6 Å². The lowest BCUT2D eigenvalue weighted by Gasteiger charge is -2.17. The molecule has 4 aromatic rings. The largest absolute Gasteiger partial charge is 0.326 e. The van der Waals surface area contributed by atoms with Gasteiger partial charge in [0, 0.05) is 36.1 Å². The van der Waals surface area contributed by atoms with Crippen LogP contribution >= 0.6 is 11.3 Å². The maximum absolute atomic E-state index is 13.0. The molecule has 0 aliphatic carbocycles. The Labute approximate surface area is 183 Å². The predicted octanol–water partition coefficient (Wildman–Crippen LogP) is 4.66. The Bertz CT molecular complexity index is 1250. The summed E-state index contributed by atoms with van der Waals surface area (Å²) in [7, 11) is 0. The average molecular weight is 429 g/mol. The summed E-state index contributed by atoms with van der Waals surface area (Å²) in [5, 5.41) is 3.89. The molecular formula is C24H20N4O2S. The summed E-state index contributed by atoms with van der Waals surface area (Å²) in [5.41, 5.74) is 4.31. The molecule has 1 aliphatic rings. The first-order valence-corrected chi connectivity index (χ1v) is 10.9. The molecule has 0 spiro atoms. The van der Waals surface area contributed by atoms with Crippen molar-refractivity contribution in [3.63, 3.8) is 0 Å². The Morgan fingerprint density at radius 2 is 1.97 bits per heavy atom. The van der Waals surface area contributed by atoms with Gasteiger partial charge in [-0.25, -0.2) is 9.97 Å². The van der Waals surface area contributed by atoms with Crippen molar-refractivity contribution in [2.24, 2.45) is 5.92 Å². The predicted molar refractivity (Wildman–Crippen MR) is 123 cm³/mol. The number of hydrogen-bond acceptors (Lipinski definition) is 5. The average Bonchev–Trinajstić information content (AvgIpc) is 3.39. The lowest BCUT2D eigenvalue weighted by atomic mass is 10.1. The molecule has 2 aromatic heterocycles. The van der Waals surface area contributed by atoms with Crippen LogP contribution in [0.4, 0.5) is 11.4 Å². The molecule has 3 heterocycles. The first kappa shape index (κ1) is 19.4. The number of nitrogens with one attached hydrogen (secondary N) is 1. The second-order valence-electron chi connectivity index (χ2n) is 7.61. The van der Waals surface area contributed by atoms with Crippen LogP contribution in [0, 0.1) is 12.8 Å². The summed E-state index contributed by atoms with van der Waals surface area (Å²) >= 11 is 1.52. The number of anilines is 2. The Hall–Kier alpha value is -3.58. The van der Waals surface area contributed by atoms with Gasteiger partial charge < -0.3 is 10.2 Å². The molecule has 7 heteroatoms. The number of aromatic nitrogens is 2. The summed E-state index contributed by atoms with van der Waals surface area (Å²) < 4.78 is 0. The van der Waals surface area contributed by atoms with Crippen LogP contribution in [0.1, 0.15) is 12.0 Å². The van der Waals surface area contributed by atoms with Gasteiger partial charge in [0.15, 0.2) is 0 Å². The van der Waals surface area contributed by atoms with Crippen molar-refractivity contribution in [2.45, 2.75) is 13.3 Å². The minimum atomic E-state index is -0.387. The van der Waals surface area contributed by atoms with E-state index in [1.54, 1.807) is 11.1 Å². The van der Waals surface area contributed by atoms with Crippen LogP contribution in [0.5, 0.6) is 0 Å². The van der Waals surface area contributed by atoms with Gasteiger partial charge in [-0.15, -0.1) is 0 Å². The third kappa shape index (κ3) is 3.80. The normalized spacial score (nSPS) is 16.1. The van der Waals surface area contributed by atoms with E-state index in [0.29, 0.717) is 6.54 Å². The van der Waals surface area contributed by atoms with Gasteiger partial charge in [0.2, 0.25) is 11.8 Å². The van der Waals surface area contributed by atoms with E-state index >= 15 is 0 Å². The summed E-state index contributed by atoms with van der Waals surface area (Å²) in [4.78, 5) is 37.0.